The number of benzene rings is 2. The SMILES string of the molecule is Cc1cc(=O)[nH]c(-c2cccc(NC(=O)c3ccccc3OC(F)F)c2)n1. The van der Waals surface area contributed by atoms with Crippen LogP contribution < -0.4 is 15.6 Å². The molecule has 2 N–H and O–H groups in total. The molecule has 8 heteroatoms. The fourth-order valence-corrected chi connectivity index (χ4v) is 2.51. The summed E-state index contributed by atoms with van der Waals surface area (Å²) >= 11 is 0. The zero-order chi connectivity index (χ0) is 19.4. The first-order valence-corrected chi connectivity index (χ1v) is 7.96. The summed E-state index contributed by atoms with van der Waals surface area (Å²) in [5, 5.41) is 2.63. The number of carbonyl (C=O) groups excluding carboxylic acids is 1. The highest BCUT2D eigenvalue weighted by molar-refractivity contribution is 6.06. The van der Waals surface area contributed by atoms with E-state index in [0.717, 1.165) is 0 Å². The van der Waals surface area contributed by atoms with Gasteiger partial charge in [0.1, 0.15) is 11.6 Å². The molecule has 0 saturated carbocycles. The summed E-state index contributed by atoms with van der Waals surface area (Å²) in [4.78, 5) is 31.0. The van der Waals surface area contributed by atoms with Crippen LogP contribution in [0.5, 0.6) is 5.75 Å². The van der Waals surface area contributed by atoms with E-state index in [4.69, 9.17) is 0 Å². The van der Waals surface area contributed by atoms with Gasteiger partial charge < -0.3 is 15.0 Å². The van der Waals surface area contributed by atoms with Gasteiger partial charge in [0.05, 0.1) is 5.56 Å². The number of halogens is 2. The number of aryl methyl sites for hydroxylation is 1. The summed E-state index contributed by atoms with van der Waals surface area (Å²) in [5.74, 6) is -0.461. The van der Waals surface area contributed by atoms with Gasteiger partial charge >= 0.3 is 6.61 Å². The molecule has 0 aliphatic rings. The Bertz CT molecular complexity index is 1030. The van der Waals surface area contributed by atoms with Crippen LogP contribution in [0.4, 0.5) is 14.5 Å². The highest BCUT2D eigenvalue weighted by Gasteiger charge is 2.15. The number of hydrogen-bond acceptors (Lipinski definition) is 4. The Hall–Kier alpha value is -3.55. The van der Waals surface area contributed by atoms with Crippen LogP contribution in [-0.2, 0) is 0 Å². The van der Waals surface area contributed by atoms with Crippen LogP contribution in [-0.4, -0.2) is 22.5 Å². The van der Waals surface area contributed by atoms with Crippen molar-refractivity contribution in [3.8, 4) is 17.1 Å². The van der Waals surface area contributed by atoms with Crippen LogP contribution in [0, 0.1) is 6.92 Å². The number of aromatic amines is 1. The minimum absolute atomic E-state index is 0.0229. The molecular weight excluding hydrogens is 356 g/mol. The van der Waals surface area contributed by atoms with Crippen LogP contribution in [0.25, 0.3) is 11.4 Å². The van der Waals surface area contributed by atoms with E-state index in [0.29, 0.717) is 22.8 Å². The fourth-order valence-electron chi connectivity index (χ4n) is 2.51. The van der Waals surface area contributed by atoms with E-state index in [2.05, 4.69) is 20.0 Å². The summed E-state index contributed by atoms with van der Waals surface area (Å²) in [6, 6.07) is 13.7. The second kappa shape index (κ2) is 7.77. The number of nitrogens with one attached hydrogen (secondary N) is 2. The zero-order valence-electron chi connectivity index (χ0n) is 14.2. The number of aromatic nitrogens is 2. The van der Waals surface area contributed by atoms with E-state index in [1.54, 1.807) is 37.3 Å². The van der Waals surface area contributed by atoms with Crippen molar-refractivity contribution in [2.75, 3.05) is 5.32 Å². The van der Waals surface area contributed by atoms with E-state index in [1.165, 1.54) is 24.3 Å². The number of carbonyl (C=O) groups is 1. The van der Waals surface area contributed by atoms with Gasteiger partial charge in [-0.2, -0.15) is 8.78 Å². The van der Waals surface area contributed by atoms with Crippen LogP contribution >= 0.6 is 0 Å². The first kappa shape index (κ1) is 18.2. The molecule has 3 aromatic rings. The third-order valence-electron chi connectivity index (χ3n) is 3.61. The van der Waals surface area contributed by atoms with Crippen LogP contribution in [0.15, 0.2) is 59.4 Å². The molecule has 138 valence electrons. The number of alkyl halides is 2. The normalized spacial score (nSPS) is 10.7. The highest BCUT2D eigenvalue weighted by atomic mass is 19.3. The second-order valence-corrected chi connectivity index (χ2v) is 5.64. The molecule has 1 amide bonds. The molecule has 0 atom stereocenters. The van der Waals surface area contributed by atoms with E-state index < -0.39 is 12.5 Å². The molecule has 27 heavy (non-hydrogen) atoms. The average Bonchev–Trinajstić information content (AvgIpc) is 2.61. The van der Waals surface area contributed by atoms with Gasteiger partial charge in [0.25, 0.3) is 11.5 Å². The highest BCUT2D eigenvalue weighted by Crippen LogP contribution is 2.23. The fraction of sp³-hybridized carbons (Fsp3) is 0.105. The molecule has 0 aliphatic heterocycles. The largest absolute Gasteiger partial charge is 0.434 e. The Kier molecular flexibility index (Phi) is 5.25. The standard InChI is InChI=1S/C19H15F2N3O3/c1-11-9-16(25)24-17(22-11)12-5-4-6-13(10-12)23-18(26)14-7-2-3-8-15(14)27-19(20)21/h2-10,19H,1H3,(H,23,26)(H,22,24,25). The molecule has 0 saturated heterocycles. The molecule has 3 rings (SSSR count). The maximum absolute atomic E-state index is 12.5. The Morgan fingerprint density at radius 3 is 2.67 bits per heavy atom. The van der Waals surface area contributed by atoms with Crippen molar-refractivity contribution >= 4 is 11.6 Å². The summed E-state index contributed by atoms with van der Waals surface area (Å²) in [6.07, 6.45) is 0. The lowest BCUT2D eigenvalue weighted by atomic mass is 10.1. The number of amides is 1. The summed E-state index contributed by atoms with van der Waals surface area (Å²) in [7, 11) is 0. The lowest BCUT2D eigenvalue weighted by Crippen LogP contribution is -2.15. The van der Waals surface area contributed by atoms with Crippen LogP contribution in [0.2, 0.25) is 0 Å². The molecule has 2 aromatic carbocycles. The van der Waals surface area contributed by atoms with E-state index in [9.17, 15) is 18.4 Å². The summed E-state index contributed by atoms with van der Waals surface area (Å²) < 4.78 is 29.4. The van der Waals surface area contributed by atoms with Crippen molar-refractivity contribution in [2.45, 2.75) is 13.5 Å². The Labute approximate surface area is 152 Å². The molecular formula is C19H15F2N3O3. The Balaban J connectivity index is 1.87. The van der Waals surface area contributed by atoms with Crippen molar-refractivity contribution in [3.63, 3.8) is 0 Å². The van der Waals surface area contributed by atoms with E-state index >= 15 is 0 Å². The molecule has 0 spiro atoms. The van der Waals surface area contributed by atoms with Crippen molar-refractivity contribution in [3.05, 3.63) is 76.2 Å². The Morgan fingerprint density at radius 2 is 1.93 bits per heavy atom. The molecule has 0 radical (unpaired) electrons. The second-order valence-electron chi connectivity index (χ2n) is 5.64. The maximum Gasteiger partial charge on any atom is 0.387 e. The Morgan fingerprint density at radius 1 is 1.15 bits per heavy atom. The van der Waals surface area contributed by atoms with Crippen molar-refractivity contribution in [2.24, 2.45) is 0 Å². The molecule has 0 bridgehead atoms. The molecule has 0 aliphatic carbocycles. The van der Waals surface area contributed by atoms with Crippen molar-refractivity contribution in [1.82, 2.24) is 9.97 Å². The number of ether oxygens (including phenoxy) is 1. The van der Waals surface area contributed by atoms with Crippen molar-refractivity contribution < 1.29 is 18.3 Å². The summed E-state index contributed by atoms with van der Waals surface area (Å²) in [6.45, 7) is -1.34. The maximum atomic E-state index is 12.5. The molecule has 6 nitrogen and oxygen atoms in total. The van der Waals surface area contributed by atoms with Gasteiger partial charge in [-0.3, -0.25) is 9.59 Å². The van der Waals surface area contributed by atoms with Gasteiger partial charge in [0, 0.05) is 23.0 Å². The minimum Gasteiger partial charge on any atom is -0.434 e. The number of anilines is 1. The molecule has 0 unspecified atom stereocenters. The van der Waals surface area contributed by atoms with Gasteiger partial charge in [-0.1, -0.05) is 24.3 Å². The van der Waals surface area contributed by atoms with Crippen molar-refractivity contribution in [1.29, 1.82) is 0 Å². The van der Waals surface area contributed by atoms with E-state index in [-0.39, 0.29) is 16.9 Å². The first-order chi connectivity index (χ1) is 12.9. The van der Waals surface area contributed by atoms with Crippen LogP contribution in [0.1, 0.15) is 16.1 Å². The average molecular weight is 371 g/mol. The smallest absolute Gasteiger partial charge is 0.387 e. The monoisotopic (exact) mass is 371 g/mol. The lowest BCUT2D eigenvalue weighted by molar-refractivity contribution is -0.0501. The zero-order valence-corrected chi connectivity index (χ0v) is 14.2. The van der Waals surface area contributed by atoms with Gasteiger partial charge in [0.15, 0.2) is 0 Å². The van der Waals surface area contributed by atoms with Gasteiger partial charge in [0.2, 0.25) is 0 Å². The van der Waals surface area contributed by atoms with Gasteiger partial charge in [-0.05, 0) is 31.2 Å². The quantitative estimate of drug-likeness (QED) is 0.718. The number of nitrogens with zero attached hydrogens (tertiary/aromatic N) is 1. The number of para-hydroxylation sites is 1. The van der Waals surface area contributed by atoms with Gasteiger partial charge in [-0.15, -0.1) is 0 Å². The predicted octanol–water partition coefficient (Wildman–Crippen LogP) is 3.60. The third-order valence-corrected chi connectivity index (χ3v) is 3.61. The molecule has 1 aromatic heterocycles. The number of hydrogen-bond donors (Lipinski definition) is 2. The van der Waals surface area contributed by atoms with E-state index in [1.807, 2.05) is 0 Å². The molecule has 1 heterocycles. The minimum atomic E-state index is -3.04. The van der Waals surface area contributed by atoms with Gasteiger partial charge in [-0.25, -0.2) is 4.98 Å². The van der Waals surface area contributed by atoms with Crippen LogP contribution in [0.3, 0.4) is 0 Å². The topological polar surface area (TPSA) is 84.1 Å². The summed E-state index contributed by atoms with van der Waals surface area (Å²) in [5.41, 5.74) is 1.25. The molecule has 0 fully saturated rings. The first-order valence-electron chi connectivity index (χ1n) is 7.96. The number of H-pyrrole nitrogens is 1. The third kappa shape index (κ3) is 4.55. The number of rotatable bonds is 5. The predicted molar refractivity (Wildman–Crippen MR) is 96.1 cm³/mol. The lowest BCUT2D eigenvalue weighted by Gasteiger charge is -2.11.